The minimum atomic E-state index is -0.775. The molecule has 0 unspecified atom stereocenters. The van der Waals surface area contributed by atoms with Crippen LogP contribution in [0.4, 0.5) is 5.69 Å². The van der Waals surface area contributed by atoms with Crippen LogP contribution in [0.15, 0.2) is 30.3 Å². The Hall–Kier alpha value is -1.84. The largest absolute Gasteiger partial charge is 0.453 e. The summed E-state index contributed by atoms with van der Waals surface area (Å²) in [5.41, 5.74) is 0.682. The van der Waals surface area contributed by atoms with E-state index in [1.807, 2.05) is 18.2 Å². The van der Waals surface area contributed by atoms with Gasteiger partial charge in [-0.25, -0.2) is 0 Å². The molecule has 1 atom stereocenters. The van der Waals surface area contributed by atoms with Crippen LogP contribution in [0.25, 0.3) is 0 Å². The molecule has 0 spiro atoms. The molecule has 1 aromatic rings. The number of nitrogens with one attached hydrogen (secondary N) is 1. The number of rotatable bonds is 3. The van der Waals surface area contributed by atoms with E-state index in [9.17, 15) is 9.59 Å². The molecule has 1 rings (SSSR count). The summed E-state index contributed by atoms with van der Waals surface area (Å²) >= 11 is 0. The Morgan fingerprint density at radius 3 is 2.40 bits per heavy atom. The van der Waals surface area contributed by atoms with Gasteiger partial charge in [0, 0.05) is 12.6 Å². The monoisotopic (exact) mass is 207 g/mol. The fraction of sp³-hybridized carbons (Fsp3) is 0.273. The van der Waals surface area contributed by atoms with Crippen molar-refractivity contribution in [2.75, 3.05) is 5.32 Å². The maximum absolute atomic E-state index is 11.5. The molecule has 0 heterocycles. The topological polar surface area (TPSA) is 55.4 Å². The summed E-state index contributed by atoms with van der Waals surface area (Å²) in [6, 6.07) is 9.00. The third kappa shape index (κ3) is 3.81. The van der Waals surface area contributed by atoms with Crippen molar-refractivity contribution in [2.24, 2.45) is 0 Å². The standard InChI is InChI=1S/C11H13NO3/c1-8(15-9(2)13)11(14)12-10-6-4-3-5-7-10/h3-8H,1-2H3,(H,12,14)/t8-/m1/s1. The van der Waals surface area contributed by atoms with Gasteiger partial charge in [0.25, 0.3) is 5.91 Å². The van der Waals surface area contributed by atoms with Crippen LogP contribution >= 0.6 is 0 Å². The van der Waals surface area contributed by atoms with E-state index in [1.165, 1.54) is 13.8 Å². The molecule has 4 heteroatoms. The molecule has 15 heavy (non-hydrogen) atoms. The predicted molar refractivity (Wildman–Crippen MR) is 56.3 cm³/mol. The van der Waals surface area contributed by atoms with Crippen molar-refractivity contribution >= 4 is 17.6 Å². The Morgan fingerprint density at radius 1 is 1.27 bits per heavy atom. The van der Waals surface area contributed by atoms with E-state index >= 15 is 0 Å². The SMILES string of the molecule is CC(=O)O[C@H](C)C(=O)Nc1ccccc1. The lowest BCUT2D eigenvalue weighted by atomic mass is 10.3. The highest BCUT2D eigenvalue weighted by Crippen LogP contribution is 2.06. The Labute approximate surface area is 88.2 Å². The second-order valence-corrected chi connectivity index (χ2v) is 3.11. The Kier molecular flexibility index (Phi) is 3.85. The minimum Gasteiger partial charge on any atom is -0.453 e. The number of esters is 1. The molecule has 4 nitrogen and oxygen atoms in total. The van der Waals surface area contributed by atoms with Crippen LogP contribution < -0.4 is 5.32 Å². The van der Waals surface area contributed by atoms with Gasteiger partial charge >= 0.3 is 5.97 Å². The van der Waals surface area contributed by atoms with Crippen molar-refractivity contribution in [3.8, 4) is 0 Å². The highest BCUT2D eigenvalue weighted by molar-refractivity contribution is 5.94. The Bertz CT molecular complexity index is 348. The number of para-hydroxylation sites is 1. The second-order valence-electron chi connectivity index (χ2n) is 3.11. The molecule has 0 aromatic heterocycles. The first kappa shape index (κ1) is 11.2. The van der Waals surface area contributed by atoms with Gasteiger partial charge < -0.3 is 10.1 Å². The lowest BCUT2D eigenvalue weighted by Gasteiger charge is -2.11. The molecular formula is C11H13NO3. The fourth-order valence-electron chi connectivity index (χ4n) is 1.07. The number of ether oxygens (including phenoxy) is 1. The first-order chi connectivity index (χ1) is 7.09. The van der Waals surface area contributed by atoms with E-state index in [-0.39, 0.29) is 5.91 Å². The van der Waals surface area contributed by atoms with Crippen molar-refractivity contribution in [3.63, 3.8) is 0 Å². The number of anilines is 1. The zero-order valence-electron chi connectivity index (χ0n) is 8.69. The summed E-state index contributed by atoms with van der Waals surface area (Å²) in [6.07, 6.45) is -0.775. The first-order valence-corrected chi connectivity index (χ1v) is 4.62. The molecule has 0 aliphatic heterocycles. The first-order valence-electron chi connectivity index (χ1n) is 4.62. The molecule has 0 radical (unpaired) electrons. The predicted octanol–water partition coefficient (Wildman–Crippen LogP) is 1.58. The van der Waals surface area contributed by atoms with E-state index in [4.69, 9.17) is 4.74 Å². The normalized spacial score (nSPS) is 11.6. The Balaban J connectivity index is 2.52. The molecule has 80 valence electrons. The van der Waals surface area contributed by atoms with Crippen molar-refractivity contribution < 1.29 is 14.3 Å². The van der Waals surface area contributed by atoms with Gasteiger partial charge in [0.15, 0.2) is 6.10 Å². The third-order valence-corrected chi connectivity index (χ3v) is 1.75. The van der Waals surface area contributed by atoms with Crippen LogP contribution in [0.5, 0.6) is 0 Å². The number of amides is 1. The highest BCUT2D eigenvalue weighted by Gasteiger charge is 2.15. The average Bonchev–Trinajstić information content (AvgIpc) is 2.18. The summed E-state index contributed by atoms with van der Waals surface area (Å²) in [5, 5.41) is 2.63. The van der Waals surface area contributed by atoms with Gasteiger partial charge in [-0.3, -0.25) is 9.59 Å². The maximum atomic E-state index is 11.5. The van der Waals surface area contributed by atoms with E-state index in [1.54, 1.807) is 12.1 Å². The third-order valence-electron chi connectivity index (χ3n) is 1.75. The van der Waals surface area contributed by atoms with Crippen LogP contribution in [-0.4, -0.2) is 18.0 Å². The number of carbonyl (C=O) groups excluding carboxylic acids is 2. The molecule has 0 saturated heterocycles. The molecule has 0 fully saturated rings. The van der Waals surface area contributed by atoms with Gasteiger partial charge in [0.2, 0.25) is 0 Å². The van der Waals surface area contributed by atoms with Gasteiger partial charge in [-0.2, -0.15) is 0 Å². The smallest absolute Gasteiger partial charge is 0.303 e. The Morgan fingerprint density at radius 2 is 1.87 bits per heavy atom. The van der Waals surface area contributed by atoms with Gasteiger partial charge in [-0.1, -0.05) is 18.2 Å². The molecule has 0 bridgehead atoms. The van der Waals surface area contributed by atoms with E-state index in [0.29, 0.717) is 5.69 Å². The van der Waals surface area contributed by atoms with Crippen molar-refractivity contribution in [1.82, 2.24) is 0 Å². The summed E-state index contributed by atoms with van der Waals surface area (Å²) in [7, 11) is 0. The van der Waals surface area contributed by atoms with Crippen molar-refractivity contribution in [3.05, 3.63) is 30.3 Å². The molecule has 1 aromatic carbocycles. The fourth-order valence-corrected chi connectivity index (χ4v) is 1.07. The summed E-state index contributed by atoms with van der Waals surface area (Å²) in [6.45, 7) is 2.80. The molecule has 1 N–H and O–H groups in total. The van der Waals surface area contributed by atoms with Crippen LogP contribution in [0.2, 0.25) is 0 Å². The van der Waals surface area contributed by atoms with Gasteiger partial charge in [0.1, 0.15) is 0 Å². The summed E-state index contributed by atoms with van der Waals surface area (Å²) in [5.74, 6) is -0.804. The second kappa shape index (κ2) is 5.14. The van der Waals surface area contributed by atoms with Crippen LogP contribution in [-0.2, 0) is 14.3 Å². The van der Waals surface area contributed by atoms with Crippen LogP contribution in [0.3, 0.4) is 0 Å². The van der Waals surface area contributed by atoms with Crippen molar-refractivity contribution in [2.45, 2.75) is 20.0 Å². The highest BCUT2D eigenvalue weighted by atomic mass is 16.5. The van der Waals surface area contributed by atoms with Gasteiger partial charge in [-0.15, -0.1) is 0 Å². The number of hydrogen-bond acceptors (Lipinski definition) is 3. The van der Waals surface area contributed by atoms with Gasteiger partial charge in [-0.05, 0) is 19.1 Å². The zero-order chi connectivity index (χ0) is 11.3. The molecule has 1 amide bonds. The maximum Gasteiger partial charge on any atom is 0.303 e. The number of hydrogen-bond donors (Lipinski definition) is 1. The average molecular weight is 207 g/mol. The van der Waals surface area contributed by atoms with E-state index in [0.717, 1.165) is 0 Å². The summed E-state index contributed by atoms with van der Waals surface area (Å²) < 4.78 is 4.73. The minimum absolute atomic E-state index is 0.337. The lowest BCUT2D eigenvalue weighted by Crippen LogP contribution is -2.29. The molecule has 0 aliphatic rings. The zero-order valence-corrected chi connectivity index (χ0v) is 8.69. The van der Waals surface area contributed by atoms with E-state index < -0.39 is 12.1 Å². The van der Waals surface area contributed by atoms with Crippen LogP contribution in [0, 0.1) is 0 Å². The molecule has 0 aliphatic carbocycles. The number of carbonyl (C=O) groups is 2. The lowest BCUT2D eigenvalue weighted by molar-refractivity contribution is -0.150. The summed E-state index contributed by atoms with van der Waals surface area (Å²) in [4.78, 5) is 22.1. The van der Waals surface area contributed by atoms with Crippen LogP contribution in [0.1, 0.15) is 13.8 Å². The van der Waals surface area contributed by atoms with Gasteiger partial charge in [0.05, 0.1) is 0 Å². The van der Waals surface area contributed by atoms with E-state index in [2.05, 4.69) is 5.32 Å². The quantitative estimate of drug-likeness (QED) is 0.765. The molecular weight excluding hydrogens is 194 g/mol. The molecule has 0 saturated carbocycles. The van der Waals surface area contributed by atoms with Crippen molar-refractivity contribution in [1.29, 1.82) is 0 Å². The number of benzene rings is 1.